The Hall–Kier alpha value is -2.89. The number of hydrogen-bond acceptors (Lipinski definition) is 3. The average molecular weight is 344 g/mol. The molecule has 5 nitrogen and oxygen atoms in total. The van der Waals surface area contributed by atoms with Crippen molar-refractivity contribution in [2.45, 2.75) is 19.8 Å². The molecule has 0 unspecified atom stereocenters. The van der Waals surface area contributed by atoms with Crippen LogP contribution in [-0.4, -0.2) is 25.0 Å². The van der Waals surface area contributed by atoms with E-state index in [1.807, 2.05) is 12.1 Å². The number of carbonyl (C=O) groups excluding carboxylic acids is 2. The van der Waals surface area contributed by atoms with E-state index in [0.29, 0.717) is 11.4 Å². The minimum atomic E-state index is -0.518. The zero-order chi connectivity index (χ0) is 18.2. The van der Waals surface area contributed by atoms with Crippen LogP contribution >= 0.6 is 0 Å². The van der Waals surface area contributed by atoms with Crippen LogP contribution in [0.2, 0.25) is 0 Å². The predicted octanol–water partition coefficient (Wildman–Crippen LogP) is 2.68. The lowest BCUT2D eigenvalue weighted by atomic mass is 10.2. The van der Waals surface area contributed by atoms with Gasteiger partial charge in [-0.25, -0.2) is 4.39 Å². The fraction of sp³-hybridized carbons (Fsp3) is 0.263. The second kappa shape index (κ2) is 8.82. The second-order valence-corrected chi connectivity index (χ2v) is 5.52. The number of nitrogens with two attached hydrogens (primary N) is 1. The maximum Gasteiger partial charge on any atom is 0.264 e. The molecule has 0 spiro atoms. The molecule has 0 saturated heterocycles. The highest BCUT2D eigenvalue weighted by atomic mass is 19.1. The number of anilines is 1. The Balaban J connectivity index is 2.05. The van der Waals surface area contributed by atoms with Crippen LogP contribution in [0.4, 0.5) is 10.1 Å². The fourth-order valence-electron chi connectivity index (χ4n) is 2.29. The van der Waals surface area contributed by atoms with Crippen LogP contribution in [0.1, 0.15) is 18.9 Å². The highest BCUT2D eigenvalue weighted by Gasteiger charge is 2.17. The molecule has 0 radical (unpaired) electrons. The Bertz CT molecular complexity index is 714. The largest absolute Gasteiger partial charge is 0.484 e. The summed E-state index contributed by atoms with van der Waals surface area (Å²) in [6.45, 7) is 1.97. The first-order valence-electron chi connectivity index (χ1n) is 8.05. The van der Waals surface area contributed by atoms with E-state index in [9.17, 15) is 14.0 Å². The molecule has 2 rings (SSSR count). The van der Waals surface area contributed by atoms with Gasteiger partial charge in [-0.05, 0) is 48.4 Å². The monoisotopic (exact) mass is 344 g/mol. The first-order valence-corrected chi connectivity index (χ1v) is 8.05. The summed E-state index contributed by atoms with van der Waals surface area (Å²) in [7, 11) is 0. The second-order valence-electron chi connectivity index (χ2n) is 5.52. The highest BCUT2D eigenvalue weighted by molar-refractivity contribution is 5.95. The smallest absolute Gasteiger partial charge is 0.264 e. The topological polar surface area (TPSA) is 72.6 Å². The number of aryl methyl sites for hydroxylation is 1. The van der Waals surface area contributed by atoms with Gasteiger partial charge in [-0.15, -0.1) is 0 Å². The maximum atomic E-state index is 13.1. The molecule has 25 heavy (non-hydrogen) atoms. The van der Waals surface area contributed by atoms with Gasteiger partial charge in [-0.1, -0.05) is 19.1 Å². The summed E-state index contributed by atoms with van der Waals surface area (Å²) in [4.78, 5) is 24.9. The molecule has 0 bridgehead atoms. The van der Waals surface area contributed by atoms with E-state index >= 15 is 0 Å². The van der Waals surface area contributed by atoms with Crippen LogP contribution in [0.25, 0.3) is 0 Å². The van der Waals surface area contributed by atoms with Crippen molar-refractivity contribution in [3.8, 4) is 5.75 Å². The standard InChI is InChI=1S/C19H21FN2O3/c1-2-14-3-9-17(10-4-14)25-13-19(24)22(12-11-18(21)23)16-7-5-15(20)6-8-16/h3-10H,2,11-13H2,1H3,(H2,21,23). The number of halogens is 1. The Morgan fingerprint density at radius 3 is 2.28 bits per heavy atom. The summed E-state index contributed by atoms with van der Waals surface area (Å²) < 4.78 is 18.6. The number of benzene rings is 2. The van der Waals surface area contributed by atoms with E-state index in [1.165, 1.54) is 34.7 Å². The SMILES string of the molecule is CCc1ccc(OCC(=O)N(CCC(N)=O)c2ccc(F)cc2)cc1. The van der Waals surface area contributed by atoms with E-state index in [0.717, 1.165) is 6.42 Å². The third kappa shape index (κ3) is 5.60. The lowest BCUT2D eigenvalue weighted by Crippen LogP contribution is -2.37. The van der Waals surface area contributed by atoms with Crippen molar-refractivity contribution in [1.82, 2.24) is 0 Å². The molecule has 0 heterocycles. The van der Waals surface area contributed by atoms with Gasteiger partial charge in [-0.3, -0.25) is 9.59 Å². The quantitative estimate of drug-likeness (QED) is 0.800. The number of amides is 2. The molecular weight excluding hydrogens is 323 g/mol. The van der Waals surface area contributed by atoms with Crippen molar-refractivity contribution in [1.29, 1.82) is 0 Å². The van der Waals surface area contributed by atoms with Crippen LogP contribution in [0.15, 0.2) is 48.5 Å². The van der Waals surface area contributed by atoms with Crippen molar-refractivity contribution in [2.75, 3.05) is 18.1 Å². The number of ether oxygens (including phenoxy) is 1. The summed E-state index contributed by atoms with van der Waals surface area (Å²) in [6, 6.07) is 12.9. The van der Waals surface area contributed by atoms with Crippen molar-refractivity contribution in [3.05, 3.63) is 59.9 Å². The van der Waals surface area contributed by atoms with Crippen LogP contribution in [0, 0.1) is 5.82 Å². The third-order valence-corrected chi connectivity index (χ3v) is 3.72. The van der Waals surface area contributed by atoms with Gasteiger partial charge in [0, 0.05) is 18.7 Å². The average Bonchev–Trinajstić information content (AvgIpc) is 2.61. The highest BCUT2D eigenvalue weighted by Crippen LogP contribution is 2.17. The van der Waals surface area contributed by atoms with E-state index in [1.54, 1.807) is 12.1 Å². The van der Waals surface area contributed by atoms with Gasteiger partial charge in [0.25, 0.3) is 5.91 Å². The molecule has 0 aliphatic carbocycles. The predicted molar refractivity (Wildman–Crippen MR) is 93.9 cm³/mol. The zero-order valence-corrected chi connectivity index (χ0v) is 14.1. The third-order valence-electron chi connectivity index (χ3n) is 3.72. The normalized spacial score (nSPS) is 10.3. The Labute approximate surface area is 146 Å². The maximum absolute atomic E-state index is 13.1. The number of hydrogen-bond donors (Lipinski definition) is 1. The Kier molecular flexibility index (Phi) is 6.51. The summed E-state index contributed by atoms with van der Waals surface area (Å²) in [6.07, 6.45) is 0.930. The summed E-state index contributed by atoms with van der Waals surface area (Å²) >= 11 is 0. The van der Waals surface area contributed by atoms with Crippen LogP contribution in [0.3, 0.4) is 0 Å². The molecule has 0 saturated carbocycles. The number of nitrogens with zero attached hydrogens (tertiary/aromatic N) is 1. The minimum absolute atomic E-state index is 0.00825. The van der Waals surface area contributed by atoms with Crippen LogP contribution < -0.4 is 15.4 Å². The molecular formula is C19H21FN2O3. The number of rotatable bonds is 8. The van der Waals surface area contributed by atoms with Gasteiger partial charge >= 0.3 is 0 Å². The van der Waals surface area contributed by atoms with E-state index in [4.69, 9.17) is 10.5 Å². The summed E-state index contributed by atoms with van der Waals surface area (Å²) in [5.74, 6) is -0.679. The van der Waals surface area contributed by atoms with Crippen molar-refractivity contribution >= 4 is 17.5 Å². The molecule has 2 amide bonds. The Morgan fingerprint density at radius 2 is 1.72 bits per heavy atom. The molecule has 2 aromatic carbocycles. The molecule has 6 heteroatoms. The first-order chi connectivity index (χ1) is 12.0. The Morgan fingerprint density at radius 1 is 1.08 bits per heavy atom. The lowest BCUT2D eigenvalue weighted by molar-refractivity contribution is -0.120. The molecule has 0 atom stereocenters. The lowest BCUT2D eigenvalue weighted by Gasteiger charge is -2.22. The van der Waals surface area contributed by atoms with Crippen molar-refractivity contribution in [3.63, 3.8) is 0 Å². The van der Waals surface area contributed by atoms with Gasteiger partial charge in [0.05, 0.1) is 0 Å². The molecule has 0 aliphatic heterocycles. The fourth-order valence-corrected chi connectivity index (χ4v) is 2.29. The number of carbonyl (C=O) groups is 2. The van der Waals surface area contributed by atoms with E-state index in [-0.39, 0.29) is 25.5 Å². The van der Waals surface area contributed by atoms with Gasteiger partial charge in [0.15, 0.2) is 6.61 Å². The van der Waals surface area contributed by atoms with Crippen molar-refractivity contribution < 1.29 is 18.7 Å². The van der Waals surface area contributed by atoms with Crippen LogP contribution in [0.5, 0.6) is 5.75 Å². The zero-order valence-electron chi connectivity index (χ0n) is 14.1. The van der Waals surface area contributed by atoms with E-state index < -0.39 is 11.7 Å². The molecule has 0 fully saturated rings. The van der Waals surface area contributed by atoms with Gasteiger partial charge in [0.1, 0.15) is 11.6 Å². The summed E-state index contributed by atoms with van der Waals surface area (Å²) in [5.41, 5.74) is 6.83. The van der Waals surface area contributed by atoms with Crippen LogP contribution in [-0.2, 0) is 16.0 Å². The van der Waals surface area contributed by atoms with E-state index in [2.05, 4.69) is 6.92 Å². The van der Waals surface area contributed by atoms with Gasteiger partial charge in [0.2, 0.25) is 5.91 Å². The van der Waals surface area contributed by atoms with Gasteiger partial charge in [-0.2, -0.15) is 0 Å². The molecule has 132 valence electrons. The first kappa shape index (κ1) is 18.4. The summed E-state index contributed by atoms with van der Waals surface area (Å²) in [5, 5.41) is 0. The van der Waals surface area contributed by atoms with Crippen molar-refractivity contribution in [2.24, 2.45) is 5.73 Å². The minimum Gasteiger partial charge on any atom is -0.484 e. The molecule has 2 aromatic rings. The number of primary amides is 1. The van der Waals surface area contributed by atoms with Gasteiger partial charge < -0.3 is 15.4 Å². The molecule has 0 aliphatic rings. The molecule has 0 aromatic heterocycles. The molecule has 2 N–H and O–H groups in total.